The molecular weight excluding hydrogens is 430 g/mol. The highest BCUT2D eigenvalue weighted by Gasteiger charge is 2.22. The van der Waals surface area contributed by atoms with Crippen LogP contribution in [0.15, 0.2) is 48.5 Å². The Balaban J connectivity index is 1.83. The molecule has 1 aliphatic rings. The summed E-state index contributed by atoms with van der Waals surface area (Å²) < 4.78 is 7.31. The highest BCUT2D eigenvalue weighted by molar-refractivity contribution is 5.95. The van der Waals surface area contributed by atoms with Gasteiger partial charge in [0.2, 0.25) is 0 Å². The van der Waals surface area contributed by atoms with E-state index >= 15 is 0 Å². The molecule has 1 saturated heterocycles. The fourth-order valence-electron chi connectivity index (χ4n) is 4.33. The van der Waals surface area contributed by atoms with E-state index in [2.05, 4.69) is 10.2 Å². The number of anilines is 1. The van der Waals surface area contributed by atoms with Gasteiger partial charge < -0.3 is 29.7 Å². The zero-order chi connectivity index (χ0) is 24.4. The molecule has 1 amide bonds. The number of nitrogens with one attached hydrogen (secondary N) is 1. The van der Waals surface area contributed by atoms with Gasteiger partial charge in [-0.1, -0.05) is 13.8 Å². The summed E-state index contributed by atoms with van der Waals surface area (Å²) >= 11 is 0. The van der Waals surface area contributed by atoms with Crippen LogP contribution < -0.4 is 10.2 Å². The Labute approximate surface area is 200 Å². The van der Waals surface area contributed by atoms with Gasteiger partial charge in [-0.15, -0.1) is 0 Å². The number of nitrogens with zero attached hydrogens (tertiary/aromatic N) is 2. The van der Waals surface area contributed by atoms with Crippen molar-refractivity contribution < 1.29 is 19.7 Å². The van der Waals surface area contributed by atoms with E-state index in [0.29, 0.717) is 30.2 Å². The molecule has 0 unspecified atom stereocenters. The lowest BCUT2D eigenvalue weighted by molar-refractivity contribution is 0.0936. The van der Waals surface area contributed by atoms with Crippen LogP contribution in [0, 0.1) is 0 Å². The number of phenols is 2. The predicted molar refractivity (Wildman–Crippen MR) is 134 cm³/mol. The van der Waals surface area contributed by atoms with Crippen LogP contribution in [-0.2, 0) is 4.74 Å². The second-order valence-corrected chi connectivity index (χ2v) is 9.27. The summed E-state index contributed by atoms with van der Waals surface area (Å²) in [5.74, 6) is -0.107. The molecule has 0 aliphatic carbocycles. The Kier molecular flexibility index (Phi) is 6.84. The van der Waals surface area contributed by atoms with E-state index in [-0.39, 0.29) is 29.4 Å². The maximum absolute atomic E-state index is 13.1. The normalized spacial score (nSPS) is 14.1. The van der Waals surface area contributed by atoms with Crippen molar-refractivity contribution >= 4 is 11.6 Å². The fraction of sp³-hybridized carbons (Fsp3) is 0.370. The molecule has 7 heteroatoms. The Hall–Kier alpha value is -3.45. The van der Waals surface area contributed by atoms with Crippen molar-refractivity contribution in [3.63, 3.8) is 0 Å². The summed E-state index contributed by atoms with van der Waals surface area (Å²) in [5.41, 5.74) is 4.35. The first-order valence-corrected chi connectivity index (χ1v) is 11.8. The summed E-state index contributed by atoms with van der Waals surface area (Å²) in [5, 5.41) is 24.0. The van der Waals surface area contributed by atoms with Crippen LogP contribution >= 0.6 is 0 Å². The molecular formula is C27H33N3O4. The maximum atomic E-state index is 13.1. The minimum absolute atomic E-state index is 0.0161. The van der Waals surface area contributed by atoms with Gasteiger partial charge in [-0.2, -0.15) is 0 Å². The molecule has 0 spiro atoms. The Bertz CT molecular complexity index is 1160. The number of carbonyl (C=O) groups excluding carboxylic acids is 1. The van der Waals surface area contributed by atoms with Gasteiger partial charge in [0.15, 0.2) is 0 Å². The van der Waals surface area contributed by atoms with Gasteiger partial charge in [0.25, 0.3) is 5.91 Å². The van der Waals surface area contributed by atoms with Crippen molar-refractivity contribution in [1.82, 2.24) is 9.88 Å². The molecule has 3 aromatic rings. The van der Waals surface area contributed by atoms with Crippen LogP contribution in [0.2, 0.25) is 0 Å². The van der Waals surface area contributed by atoms with E-state index in [0.717, 1.165) is 30.0 Å². The predicted octanol–water partition coefficient (Wildman–Crippen LogP) is 4.65. The molecule has 3 N–H and O–H groups in total. The molecule has 0 radical (unpaired) electrons. The lowest BCUT2D eigenvalue weighted by atomic mass is 9.97. The molecule has 2 aromatic carbocycles. The fourth-order valence-corrected chi connectivity index (χ4v) is 4.33. The third-order valence-corrected chi connectivity index (χ3v) is 6.06. The van der Waals surface area contributed by atoms with Gasteiger partial charge in [-0.05, 0) is 67.8 Å². The van der Waals surface area contributed by atoms with E-state index in [9.17, 15) is 15.0 Å². The van der Waals surface area contributed by atoms with Crippen molar-refractivity contribution in [2.45, 2.75) is 39.7 Å². The number of ether oxygens (including phenoxy) is 1. The number of phenolic OH excluding ortho intramolecular Hbond substituents is 2. The summed E-state index contributed by atoms with van der Waals surface area (Å²) in [4.78, 5) is 15.3. The number of carbonyl (C=O) groups is 1. The monoisotopic (exact) mass is 463 g/mol. The number of aromatic nitrogens is 1. The maximum Gasteiger partial charge on any atom is 0.268 e. The molecule has 2 heterocycles. The van der Waals surface area contributed by atoms with Crippen molar-refractivity contribution in [3.8, 4) is 28.4 Å². The molecule has 0 saturated carbocycles. The van der Waals surface area contributed by atoms with Gasteiger partial charge in [0.05, 0.1) is 18.9 Å². The van der Waals surface area contributed by atoms with Gasteiger partial charge in [-0.25, -0.2) is 0 Å². The van der Waals surface area contributed by atoms with Crippen molar-refractivity contribution in [3.05, 3.63) is 59.8 Å². The smallest absolute Gasteiger partial charge is 0.268 e. The number of hydrogen-bond donors (Lipinski definition) is 3. The van der Waals surface area contributed by atoms with Gasteiger partial charge >= 0.3 is 0 Å². The third kappa shape index (κ3) is 4.75. The van der Waals surface area contributed by atoms with Crippen LogP contribution in [0.5, 0.6) is 11.5 Å². The van der Waals surface area contributed by atoms with E-state index in [1.165, 1.54) is 6.07 Å². The Morgan fingerprint density at radius 3 is 2.18 bits per heavy atom. The average molecular weight is 464 g/mol. The molecule has 7 nitrogen and oxygen atoms in total. The molecule has 0 bridgehead atoms. The van der Waals surface area contributed by atoms with Crippen LogP contribution in [0.3, 0.4) is 0 Å². The lowest BCUT2D eigenvalue weighted by Gasteiger charge is -2.29. The van der Waals surface area contributed by atoms with Crippen LogP contribution in [-0.4, -0.2) is 53.0 Å². The van der Waals surface area contributed by atoms with E-state index in [1.54, 1.807) is 12.1 Å². The first kappa shape index (κ1) is 23.7. The quantitative estimate of drug-likeness (QED) is 0.495. The first-order valence-electron chi connectivity index (χ1n) is 11.8. The SMILES string of the molecule is CC(C)NC(=O)c1ccc(-c2cc(C(C)C)c(O)cc2O)n1-c1ccc(N2CCOCC2)cc1. The van der Waals surface area contributed by atoms with E-state index in [4.69, 9.17) is 4.74 Å². The summed E-state index contributed by atoms with van der Waals surface area (Å²) in [6, 6.07) is 14.8. The van der Waals surface area contributed by atoms with Crippen molar-refractivity contribution in [2.75, 3.05) is 31.2 Å². The van der Waals surface area contributed by atoms with Crippen LogP contribution in [0.4, 0.5) is 5.69 Å². The van der Waals surface area contributed by atoms with Gasteiger partial charge in [0, 0.05) is 42.1 Å². The lowest BCUT2D eigenvalue weighted by Crippen LogP contribution is -2.36. The Morgan fingerprint density at radius 1 is 0.912 bits per heavy atom. The number of aromatic hydroxyl groups is 2. The second-order valence-electron chi connectivity index (χ2n) is 9.27. The molecule has 1 aliphatic heterocycles. The molecule has 0 atom stereocenters. The summed E-state index contributed by atoms with van der Waals surface area (Å²) in [6.45, 7) is 10.9. The largest absolute Gasteiger partial charge is 0.508 e. The minimum atomic E-state index is -0.194. The van der Waals surface area contributed by atoms with E-state index < -0.39 is 0 Å². The average Bonchev–Trinajstić information content (AvgIpc) is 3.24. The number of amides is 1. The Morgan fingerprint density at radius 2 is 1.56 bits per heavy atom. The highest BCUT2D eigenvalue weighted by Crippen LogP contribution is 2.39. The number of morpholine rings is 1. The second kappa shape index (κ2) is 9.81. The highest BCUT2D eigenvalue weighted by atomic mass is 16.5. The van der Waals surface area contributed by atoms with Gasteiger partial charge in [-0.3, -0.25) is 4.79 Å². The topological polar surface area (TPSA) is 87.0 Å². The molecule has 34 heavy (non-hydrogen) atoms. The summed E-state index contributed by atoms with van der Waals surface area (Å²) in [7, 11) is 0. The van der Waals surface area contributed by atoms with Crippen LogP contribution in [0.1, 0.15) is 49.7 Å². The zero-order valence-corrected chi connectivity index (χ0v) is 20.2. The number of rotatable bonds is 6. The zero-order valence-electron chi connectivity index (χ0n) is 20.2. The van der Waals surface area contributed by atoms with Crippen molar-refractivity contribution in [2.24, 2.45) is 0 Å². The molecule has 1 fully saturated rings. The standard InChI is InChI=1S/C27H33N3O4/c1-17(2)21-15-22(26(32)16-25(21)31)23-9-10-24(27(33)28-18(3)4)30(23)20-7-5-19(6-8-20)29-11-13-34-14-12-29/h5-10,15-18,31-32H,11-14H2,1-4H3,(H,28,33). The van der Waals surface area contributed by atoms with Crippen molar-refractivity contribution in [1.29, 1.82) is 0 Å². The molecule has 4 rings (SSSR count). The molecule has 180 valence electrons. The van der Waals surface area contributed by atoms with Gasteiger partial charge in [0.1, 0.15) is 17.2 Å². The van der Waals surface area contributed by atoms with Crippen LogP contribution in [0.25, 0.3) is 16.9 Å². The first-order chi connectivity index (χ1) is 16.3. The number of hydrogen-bond acceptors (Lipinski definition) is 5. The van der Waals surface area contributed by atoms with E-state index in [1.807, 2.05) is 62.6 Å². The minimum Gasteiger partial charge on any atom is -0.508 e. The molecule has 1 aromatic heterocycles. The third-order valence-electron chi connectivity index (χ3n) is 6.06. The number of benzene rings is 2. The summed E-state index contributed by atoms with van der Waals surface area (Å²) in [6.07, 6.45) is 0.